The summed E-state index contributed by atoms with van der Waals surface area (Å²) in [6.07, 6.45) is 0. The van der Waals surface area contributed by atoms with Crippen molar-refractivity contribution in [1.82, 2.24) is 4.57 Å². The fourth-order valence-electron chi connectivity index (χ4n) is 14.1. The molecule has 354 valence electrons. The predicted molar refractivity (Wildman–Crippen MR) is 315 cm³/mol. The topological polar surface area (TPSA) is 8.17 Å². The lowest BCUT2D eigenvalue weighted by Gasteiger charge is -2.39. The van der Waals surface area contributed by atoms with E-state index in [4.69, 9.17) is 0 Å². The number of aromatic nitrogens is 1. The first-order chi connectivity index (χ1) is 37.7. The zero-order valence-electron chi connectivity index (χ0n) is 41.6. The minimum atomic E-state index is -0.550. The Bertz CT molecular complexity index is 4430. The molecule has 0 N–H and O–H groups in total. The number of para-hydroxylation sites is 3. The standard InChI is InChI=1S/C74H48N2/c1-4-22-49(23-5-1)50-24-18-30-55(46-50)75(70-43-21-39-65-71(70)61-34-11-14-37-63(61)73(65,53-26-6-2-7-27-53)54-28-8-3-9-29-54)56-31-19-25-51(47-56)52-44-45-58-57-32-10-13-36-62(57)74(67(58)48-52)64-38-15-17-42-69(64)76-68-41-16-12-33-59(68)60-35-20-40-66(74)72(60)76/h1-48H. The maximum atomic E-state index is 2.53. The lowest BCUT2D eigenvalue weighted by atomic mass is 9.65. The second-order valence-electron chi connectivity index (χ2n) is 20.7. The maximum Gasteiger partial charge on any atom is 0.0754 e. The first-order valence-electron chi connectivity index (χ1n) is 26.5. The first kappa shape index (κ1) is 42.7. The van der Waals surface area contributed by atoms with Gasteiger partial charge in [-0.15, -0.1) is 0 Å². The molecule has 2 heterocycles. The highest BCUT2D eigenvalue weighted by Crippen LogP contribution is 2.63. The van der Waals surface area contributed by atoms with E-state index in [0.29, 0.717) is 0 Å². The third kappa shape index (κ3) is 5.76. The van der Waals surface area contributed by atoms with Gasteiger partial charge in [0.1, 0.15) is 0 Å². The molecular weight excluding hydrogens is 917 g/mol. The fraction of sp³-hybridized carbons (Fsp3) is 0.0270. The molecule has 12 aromatic carbocycles. The number of hydrogen-bond donors (Lipinski definition) is 0. The van der Waals surface area contributed by atoms with E-state index in [9.17, 15) is 0 Å². The number of benzene rings is 12. The molecule has 1 unspecified atom stereocenters. The van der Waals surface area contributed by atoms with E-state index in [2.05, 4.69) is 301 Å². The van der Waals surface area contributed by atoms with E-state index in [1.54, 1.807) is 0 Å². The van der Waals surface area contributed by atoms with Crippen LogP contribution in [0.1, 0.15) is 44.5 Å². The van der Waals surface area contributed by atoms with Gasteiger partial charge < -0.3 is 9.47 Å². The molecule has 0 saturated carbocycles. The third-order valence-electron chi connectivity index (χ3n) is 17.0. The highest BCUT2D eigenvalue weighted by Gasteiger charge is 2.51. The SMILES string of the molecule is c1ccc(-c2cccc(N(c3cccc(-c4ccc5c(c4)C4(c6ccccc6-5)c5ccccc5-n5c6ccccc6c6cccc4c65)c3)c3cccc4c3-c3ccccc3C4(c3ccccc3)c3ccccc3)c2)cc1. The van der Waals surface area contributed by atoms with Crippen molar-refractivity contribution in [3.8, 4) is 50.2 Å². The minimum Gasteiger partial charge on any atom is -0.310 e. The zero-order valence-corrected chi connectivity index (χ0v) is 41.6. The van der Waals surface area contributed by atoms with Crippen molar-refractivity contribution in [2.45, 2.75) is 10.8 Å². The van der Waals surface area contributed by atoms with Gasteiger partial charge in [-0.3, -0.25) is 0 Å². The number of nitrogens with zero attached hydrogens (tertiary/aromatic N) is 2. The Morgan fingerprint density at radius 3 is 1.53 bits per heavy atom. The van der Waals surface area contributed by atoms with Gasteiger partial charge >= 0.3 is 0 Å². The quantitative estimate of drug-likeness (QED) is 0.155. The van der Waals surface area contributed by atoms with Crippen LogP contribution in [0.25, 0.3) is 72.0 Å². The van der Waals surface area contributed by atoms with Crippen molar-refractivity contribution < 1.29 is 0 Å². The summed E-state index contributed by atoms with van der Waals surface area (Å²) < 4.78 is 2.53. The molecule has 3 aliphatic rings. The van der Waals surface area contributed by atoms with E-state index in [-0.39, 0.29) is 0 Å². The maximum absolute atomic E-state index is 2.53. The van der Waals surface area contributed by atoms with Gasteiger partial charge in [0, 0.05) is 27.7 Å². The average molecular weight is 965 g/mol. The first-order valence-corrected chi connectivity index (χ1v) is 26.5. The second kappa shape index (κ2) is 16.4. The van der Waals surface area contributed by atoms with Crippen molar-refractivity contribution in [3.63, 3.8) is 0 Å². The molecule has 0 amide bonds. The van der Waals surface area contributed by atoms with Crippen LogP contribution in [-0.4, -0.2) is 4.57 Å². The molecule has 76 heavy (non-hydrogen) atoms. The molecule has 2 nitrogen and oxygen atoms in total. The molecule has 1 aliphatic heterocycles. The molecular formula is C74H48N2. The highest BCUT2D eigenvalue weighted by atomic mass is 15.1. The van der Waals surface area contributed by atoms with Crippen molar-refractivity contribution in [2.24, 2.45) is 0 Å². The van der Waals surface area contributed by atoms with Crippen molar-refractivity contribution in [1.29, 1.82) is 0 Å². The second-order valence-corrected chi connectivity index (χ2v) is 20.7. The van der Waals surface area contributed by atoms with Crippen LogP contribution in [0.15, 0.2) is 291 Å². The summed E-state index contributed by atoms with van der Waals surface area (Å²) in [7, 11) is 0. The average Bonchev–Trinajstić information content (AvgIpc) is 4.32. The van der Waals surface area contributed by atoms with Crippen LogP contribution in [0.3, 0.4) is 0 Å². The molecule has 0 saturated heterocycles. The van der Waals surface area contributed by atoms with E-state index in [1.165, 1.54) is 111 Å². The van der Waals surface area contributed by atoms with Crippen LogP contribution in [0.4, 0.5) is 17.1 Å². The van der Waals surface area contributed by atoms with Gasteiger partial charge in [0.05, 0.1) is 33.2 Å². The summed E-state index contributed by atoms with van der Waals surface area (Å²) in [5.74, 6) is 0. The van der Waals surface area contributed by atoms with Crippen LogP contribution in [-0.2, 0) is 10.8 Å². The lowest BCUT2D eigenvalue weighted by Crippen LogP contribution is -2.33. The largest absolute Gasteiger partial charge is 0.310 e. The van der Waals surface area contributed by atoms with E-state index in [0.717, 1.165) is 22.6 Å². The van der Waals surface area contributed by atoms with E-state index in [1.807, 2.05) is 0 Å². The Balaban J connectivity index is 0.933. The zero-order chi connectivity index (χ0) is 50.0. The van der Waals surface area contributed by atoms with Crippen LogP contribution in [0.2, 0.25) is 0 Å². The molecule has 1 aromatic heterocycles. The summed E-state index contributed by atoms with van der Waals surface area (Å²) in [6, 6.07) is 109. The molecule has 0 radical (unpaired) electrons. The van der Waals surface area contributed by atoms with Gasteiger partial charge in [0.2, 0.25) is 0 Å². The molecule has 0 bridgehead atoms. The monoisotopic (exact) mass is 964 g/mol. The Kier molecular flexibility index (Phi) is 9.20. The van der Waals surface area contributed by atoms with Gasteiger partial charge in [-0.05, 0) is 132 Å². The summed E-state index contributed by atoms with van der Waals surface area (Å²) in [6.45, 7) is 0. The van der Waals surface area contributed by atoms with Gasteiger partial charge in [-0.2, -0.15) is 0 Å². The Morgan fingerprint density at radius 2 is 0.789 bits per heavy atom. The molecule has 2 heteroatoms. The number of anilines is 3. The Hall–Kier alpha value is -9.76. The van der Waals surface area contributed by atoms with Crippen LogP contribution in [0, 0.1) is 0 Å². The molecule has 0 fully saturated rings. The van der Waals surface area contributed by atoms with Crippen LogP contribution >= 0.6 is 0 Å². The highest BCUT2D eigenvalue weighted by molar-refractivity contribution is 6.13. The van der Waals surface area contributed by atoms with Gasteiger partial charge in [-0.1, -0.05) is 243 Å². The van der Waals surface area contributed by atoms with Crippen molar-refractivity contribution >= 4 is 38.9 Å². The molecule has 1 spiro atoms. The van der Waals surface area contributed by atoms with Crippen molar-refractivity contribution in [2.75, 3.05) is 4.90 Å². The van der Waals surface area contributed by atoms with Crippen LogP contribution in [0.5, 0.6) is 0 Å². The molecule has 1 atom stereocenters. The number of rotatable bonds is 7. The van der Waals surface area contributed by atoms with E-state index >= 15 is 0 Å². The van der Waals surface area contributed by atoms with Gasteiger partial charge in [-0.25, -0.2) is 0 Å². The normalized spacial score (nSPS) is 15.0. The lowest BCUT2D eigenvalue weighted by molar-refractivity contribution is 0.749. The number of fused-ring (bicyclic) bond motifs is 15. The van der Waals surface area contributed by atoms with E-state index < -0.39 is 10.8 Å². The summed E-state index contributed by atoms with van der Waals surface area (Å²) in [5.41, 5.74) is 26.0. The predicted octanol–water partition coefficient (Wildman–Crippen LogP) is 18.6. The summed E-state index contributed by atoms with van der Waals surface area (Å²) >= 11 is 0. The van der Waals surface area contributed by atoms with Crippen molar-refractivity contribution in [3.05, 3.63) is 336 Å². The summed E-state index contributed by atoms with van der Waals surface area (Å²) in [4.78, 5) is 2.51. The van der Waals surface area contributed by atoms with Crippen LogP contribution < -0.4 is 4.90 Å². The minimum absolute atomic E-state index is 0.543. The molecule has 13 aromatic rings. The van der Waals surface area contributed by atoms with Gasteiger partial charge in [0.15, 0.2) is 0 Å². The van der Waals surface area contributed by atoms with Gasteiger partial charge in [0.25, 0.3) is 0 Å². The third-order valence-corrected chi connectivity index (χ3v) is 17.0. The molecule has 2 aliphatic carbocycles. The Labute approximate surface area is 442 Å². The summed E-state index contributed by atoms with van der Waals surface area (Å²) in [5, 5.41) is 2.56. The smallest absolute Gasteiger partial charge is 0.0754 e. The Morgan fingerprint density at radius 1 is 0.289 bits per heavy atom. The number of hydrogen-bond acceptors (Lipinski definition) is 1. The fourth-order valence-corrected chi connectivity index (χ4v) is 14.1. The molecule has 16 rings (SSSR count).